The molecule has 1 fully saturated rings. The second kappa shape index (κ2) is 7.10. The number of hydrogen-bond acceptors (Lipinski definition) is 3. The third-order valence-electron chi connectivity index (χ3n) is 6.00. The van der Waals surface area contributed by atoms with Crippen LogP contribution in [-0.4, -0.2) is 33.1 Å². The standard InChI is InChI=1S/C23H29N3O/c1-16(2)21-19(18-8-6-12-24-22(18)25-21)15-26-13-10-23(27,11-14-26)20-9-5-4-7-17(20)3/h4-9,12,16,27H,10-11,13-15H2,1-3H3,(H,24,25). The summed E-state index contributed by atoms with van der Waals surface area (Å²) in [6.07, 6.45) is 3.39. The number of rotatable bonds is 4. The Balaban J connectivity index is 1.54. The monoisotopic (exact) mass is 363 g/mol. The lowest BCUT2D eigenvalue weighted by atomic mass is 9.82. The first kappa shape index (κ1) is 18.2. The van der Waals surface area contributed by atoms with E-state index in [-0.39, 0.29) is 0 Å². The summed E-state index contributed by atoms with van der Waals surface area (Å²) in [6.45, 7) is 9.24. The maximum Gasteiger partial charge on any atom is 0.137 e. The number of aryl methyl sites for hydroxylation is 1. The van der Waals surface area contributed by atoms with E-state index in [2.05, 4.69) is 53.8 Å². The Bertz CT molecular complexity index is 936. The van der Waals surface area contributed by atoms with Crippen LogP contribution in [0.4, 0.5) is 0 Å². The summed E-state index contributed by atoms with van der Waals surface area (Å²) in [7, 11) is 0. The Kier molecular flexibility index (Phi) is 4.79. The van der Waals surface area contributed by atoms with E-state index in [1.165, 1.54) is 22.2 Å². The maximum atomic E-state index is 11.2. The number of fused-ring (bicyclic) bond motifs is 1. The Morgan fingerprint density at radius 3 is 2.59 bits per heavy atom. The van der Waals surface area contributed by atoms with Crippen molar-refractivity contribution in [3.05, 3.63) is 65.0 Å². The van der Waals surface area contributed by atoms with Gasteiger partial charge < -0.3 is 10.1 Å². The molecule has 0 spiro atoms. The van der Waals surface area contributed by atoms with E-state index in [1.54, 1.807) is 0 Å². The summed E-state index contributed by atoms with van der Waals surface area (Å²) >= 11 is 0. The van der Waals surface area contributed by atoms with Crippen molar-refractivity contribution in [2.45, 2.75) is 51.7 Å². The molecule has 4 heteroatoms. The number of nitrogens with zero attached hydrogens (tertiary/aromatic N) is 2. The number of H-pyrrole nitrogens is 1. The quantitative estimate of drug-likeness (QED) is 0.719. The van der Waals surface area contributed by atoms with E-state index in [9.17, 15) is 5.11 Å². The molecule has 3 aromatic rings. The highest BCUT2D eigenvalue weighted by molar-refractivity contribution is 5.81. The molecule has 1 aliphatic rings. The minimum Gasteiger partial charge on any atom is -0.385 e. The third kappa shape index (κ3) is 3.40. The second-order valence-electron chi connectivity index (χ2n) is 8.19. The SMILES string of the molecule is Cc1ccccc1C1(O)CCN(Cc2c(C(C)C)[nH]c3ncccc23)CC1. The van der Waals surface area contributed by atoms with E-state index in [4.69, 9.17) is 0 Å². The molecule has 0 saturated carbocycles. The number of aromatic amines is 1. The first-order chi connectivity index (χ1) is 13.0. The number of hydrogen-bond donors (Lipinski definition) is 2. The van der Waals surface area contributed by atoms with Gasteiger partial charge in [-0.05, 0) is 54.5 Å². The van der Waals surface area contributed by atoms with Crippen LogP contribution in [0.3, 0.4) is 0 Å². The number of likely N-dealkylation sites (tertiary alicyclic amines) is 1. The van der Waals surface area contributed by atoms with Gasteiger partial charge in [0.1, 0.15) is 5.65 Å². The van der Waals surface area contributed by atoms with E-state index in [1.807, 2.05) is 24.4 Å². The molecule has 4 rings (SSSR count). The number of pyridine rings is 1. The van der Waals surface area contributed by atoms with Crippen LogP contribution in [0.2, 0.25) is 0 Å². The van der Waals surface area contributed by atoms with Crippen LogP contribution in [0.5, 0.6) is 0 Å². The third-order valence-corrected chi connectivity index (χ3v) is 6.00. The van der Waals surface area contributed by atoms with Gasteiger partial charge in [-0.25, -0.2) is 4.98 Å². The van der Waals surface area contributed by atoms with E-state index < -0.39 is 5.60 Å². The molecule has 0 aliphatic carbocycles. The lowest BCUT2D eigenvalue weighted by molar-refractivity contribution is -0.0281. The molecule has 27 heavy (non-hydrogen) atoms. The molecule has 0 radical (unpaired) electrons. The van der Waals surface area contributed by atoms with Crippen LogP contribution >= 0.6 is 0 Å². The zero-order valence-corrected chi connectivity index (χ0v) is 16.5. The zero-order valence-electron chi connectivity index (χ0n) is 16.5. The fourth-order valence-electron chi connectivity index (χ4n) is 4.43. The largest absolute Gasteiger partial charge is 0.385 e. The summed E-state index contributed by atoms with van der Waals surface area (Å²) in [6, 6.07) is 12.4. The highest BCUT2D eigenvalue weighted by Gasteiger charge is 2.35. The first-order valence-electron chi connectivity index (χ1n) is 9.94. The summed E-state index contributed by atoms with van der Waals surface area (Å²) in [5.74, 6) is 0.433. The van der Waals surface area contributed by atoms with Gasteiger partial charge in [-0.15, -0.1) is 0 Å². The minimum absolute atomic E-state index is 0.433. The Hall–Kier alpha value is -2.17. The van der Waals surface area contributed by atoms with Gasteiger partial charge in [-0.3, -0.25) is 4.90 Å². The van der Waals surface area contributed by atoms with Crippen LogP contribution in [0.25, 0.3) is 11.0 Å². The van der Waals surface area contributed by atoms with Crippen molar-refractivity contribution in [3.8, 4) is 0 Å². The summed E-state index contributed by atoms with van der Waals surface area (Å²) < 4.78 is 0. The predicted octanol–water partition coefficient (Wildman–Crippen LogP) is 4.48. The molecule has 1 aromatic carbocycles. The average Bonchev–Trinajstić information content (AvgIpc) is 3.03. The smallest absolute Gasteiger partial charge is 0.137 e. The molecule has 1 saturated heterocycles. The van der Waals surface area contributed by atoms with Gasteiger partial charge in [0.25, 0.3) is 0 Å². The molecule has 2 aromatic heterocycles. The van der Waals surface area contributed by atoms with Crippen molar-refractivity contribution in [2.75, 3.05) is 13.1 Å². The van der Waals surface area contributed by atoms with Crippen molar-refractivity contribution in [1.29, 1.82) is 0 Å². The number of aliphatic hydroxyl groups is 1. The van der Waals surface area contributed by atoms with E-state index in [0.717, 1.165) is 43.7 Å². The summed E-state index contributed by atoms with van der Waals surface area (Å²) in [5, 5.41) is 12.5. The van der Waals surface area contributed by atoms with Crippen LogP contribution in [0, 0.1) is 6.92 Å². The van der Waals surface area contributed by atoms with Crippen LogP contribution in [-0.2, 0) is 12.1 Å². The molecule has 0 bridgehead atoms. The maximum absolute atomic E-state index is 11.2. The van der Waals surface area contributed by atoms with Gasteiger partial charge in [-0.2, -0.15) is 0 Å². The fraction of sp³-hybridized carbons (Fsp3) is 0.435. The number of piperidine rings is 1. The lowest BCUT2D eigenvalue weighted by Gasteiger charge is -2.39. The topological polar surface area (TPSA) is 52.1 Å². The molecule has 4 nitrogen and oxygen atoms in total. The molecular weight excluding hydrogens is 334 g/mol. The molecular formula is C23H29N3O. The van der Waals surface area contributed by atoms with Gasteiger partial charge in [-0.1, -0.05) is 38.1 Å². The van der Waals surface area contributed by atoms with Crippen molar-refractivity contribution in [3.63, 3.8) is 0 Å². The van der Waals surface area contributed by atoms with Gasteiger partial charge >= 0.3 is 0 Å². The summed E-state index contributed by atoms with van der Waals surface area (Å²) in [5.41, 5.74) is 5.18. The molecule has 142 valence electrons. The number of aromatic nitrogens is 2. The van der Waals surface area contributed by atoms with Crippen molar-refractivity contribution in [2.24, 2.45) is 0 Å². The molecule has 1 aliphatic heterocycles. The lowest BCUT2D eigenvalue weighted by Crippen LogP contribution is -2.42. The first-order valence-corrected chi connectivity index (χ1v) is 9.94. The molecule has 0 amide bonds. The van der Waals surface area contributed by atoms with Crippen molar-refractivity contribution < 1.29 is 5.11 Å². The van der Waals surface area contributed by atoms with Crippen LogP contribution < -0.4 is 0 Å². The molecule has 0 unspecified atom stereocenters. The fourth-order valence-corrected chi connectivity index (χ4v) is 4.43. The number of nitrogens with one attached hydrogen (secondary N) is 1. The normalized spacial score (nSPS) is 17.7. The Labute approximate surface area is 161 Å². The van der Waals surface area contributed by atoms with Gasteiger partial charge in [0.15, 0.2) is 0 Å². The Morgan fingerprint density at radius 1 is 1.15 bits per heavy atom. The molecule has 0 atom stereocenters. The molecule has 2 N–H and O–H groups in total. The Morgan fingerprint density at radius 2 is 1.89 bits per heavy atom. The van der Waals surface area contributed by atoms with Crippen molar-refractivity contribution in [1.82, 2.24) is 14.9 Å². The van der Waals surface area contributed by atoms with Gasteiger partial charge in [0.2, 0.25) is 0 Å². The highest BCUT2D eigenvalue weighted by atomic mass is 16.3. The minimum atomic E-state index is -0.704. The predicted molar refractivity (Wildman–Crippen MR) is 110 cm³/mol. The second-order valence-corrected chi connectivity index (χ2v) is 8.19. The van der Waals surface area contributed by atoms with E-state index in [0.29, 0.717) is 5.92 Å². The highest BCUT2D eigenvalue weighted by Crippen LogP contribution is 2.36. The number of benzene rings is 1. The van der Waals surface area contributed by atoms with Crippen LogP contribution in [0.1, 0.15) is 55.0 Å². The van der Waals surface area contributed by atoms with Gasteiger partial charge in [0, 0.05) is 36.9 Å². The van der Waals surface area contributed by atoms with Crippen molar-refractivity contribution >= 4 is 11.0 Å². The van der Waals surface area contributed by atoms with E-state index >= 15 is 0 Å². The zero-order chi connectivity index (χ0) is 19.0. The summed E-state index contributed by atoms with van der Waals surface area (Å²) in [4.78, 5) is 10.5. The van der Waals surface area contributed by atoms with Gasteiger partial charge in [0.05, 0.1) is 5.60 Å². The molecule has 3 heterocycles. The average molecular weight is 364 g/mol. The van der Waals surface area contributed by atoms with Crippen LogP contribution in [0.15, 0.2) is 42.6 Å².